The molecule has 4 nitrogen and oxygen atoms in total. The van der Waals surface area contributed by atoms with Gasteiger partial charge in [-0.25, -0.2) is 4.79 Å². The molecule has 0 saturated heterocycles. The molecule has 14 heavy (non-hydrogen) atoms. The van der Waals surface area contributed by atoms with Crippen molar-refractivity contribution in [2.75, 3.05) is 25.6 Å². The van der Waals surface area contributed by atoms with Crippen molar-refractivity contribution >= 4 is 22.4 Å². The number of carbonyl (C=O) groups excluding carboxylic acids is 1. The van der Waals surface area contributed by atoms with Gasteiger partial charge >= 0.3 is 6.03 Å². The number of rotatable bonds is 5. The van der Waals surface area contributed by atoms with Gasteiger partial charge in [-0.3, -0.25) is 5.32 Å². The highest BCUT2D eigenvalue weighted by molar-refractivity contribution is 7.14. The van der Waals surface area contributed by atoms with Crippen molar-refractivity contribution in [3.63, 3.8) is 0 Å². The van der Waals surface area contributed by atoms with E-state index in [0.717, 1.165) is 11.4 Å². The zero-order chi connectivity index (χ0) is 10.2. The van der Waals surface area contributed by atoms with E-state index in [1.54, 1.807) is 7.11 Å². The van der Waals surface area contributed by atoms with Crippen LogP contribution in [0.4, 0.5) is 9.80 Å². The molecule has 0 aliphatic carbocycles. The summed E-state index contributed by atoms with van der Waals surface area (Å²) in [5.74, 6) is 0. The molecular formula is C9H14N2O2S. The third-order valence-corrected chi connectivity index (χ3v) is 2.35. The van der Waals surface area contributed by atoms with E-state index in [1.165, 1.54) is 11.3 Å². The van der Waals surface area contributed by atoms with Gasteiger partial charge in [0.15, 0.2) is 0 Å². The molecule has 0 unspecified atom stereocenters. The summed E-state index contributed by atoms with van der Waals surface area (Å²) >= 11 is 1.50. The van der Waals surface area contributed by atoms with Crippen molar-refractivity contribution in [2.24, 2.45) is 0 Å². The lowest BCUT2D eigenvalue weighted by atomic mass is 10.4. The van der Waals surface area contributed by atoms with E-state index < -0.39 is 0 Å². The monoisotopic (exact) mass is 214 g/mol. The Morgan fingerprint density at radius 3 is 3.14 bits per heavy atom. The van der Waals surface area contributed by atoms with Gasteiger partial charge in [-0.1, -0.05) is 0 Å². The SMILES string of the molecule is COCCCNC(=O)Nc1cccs1. The Morgan fingerprint density at radius 1 is 1.64 bits per heavy atom. The molecule has 0 fully saturated rings. The second kappa shape index (κ2) is 6.39. The summed E-state index contributed by atoms with van der Waals surface area (Å²) in [6.45, 7) is 1.30. The van der Waals surface area contributed by atoms with Crippen molar-refractivity contribution in [3.8, 4) is 0 Å². The van der Waals surface area contributed by atoms with E-state index in [1.807, 2.05) is 17.5 Å². The summed E-state index contributed by atoms with van der Waals surface area (Å²) in [4.78, 5) is 11.2. The Bertz CT molecular complexity index is 262. The Labute approximate surface area is 87.3 Å². The zero-order valence-corrected chi connectivity index (χ0v) is 8.89. The topological polar surface area (TPSA) is 50.4 Å². The minimum Gasteiger partial charge on any atom is -0.385 e. The molecule has 0 bridgehead atoms. The first-order valence-corrected chi connectivity index (χ1v) is 5.28. The molecule has 1 aromatic heterocycles. The van der Waals surface area contributed by atoms with Crippen molar-refractivity contribution in [1.29, 1.82) is 0 Å². The summed E-state index contributed by atoms with van der Waals surface area (Å²) in [5, 5.41) is 8.23. The third kappa shape index (κ3) is 4.25. The second-order valence-corrected chi connectivity index (χ2v) is 3.65. The summed E-state index contributed by atoms with van der Waals surface area (Å²) < 4.78 is 4.86. The summed E-state index contributed by atoms with van der Waals surface area (Å²) in [6.07, 6.45) is 0.828. The van der Waals surface area contributed by atoms with Crippen LogP contribution in [-0.2, 0) is 4.74 Å². The molecule has 1 aromatic rings. The molecule has 0 aliphatic heterocycles. The molecule has 0 aliphatic rings. The van der Waals surface area contributed by atoms with Crippen LogP contribution in [0.5, 0.6) is 0 Å². The van der Waals surface area contributed by atoms with E-state index in [2.05, 4.69) is 10.6 Å². The van der Waals surface area contributed by atoms with Gasteiger partial charge in [0.05, 0.1) is 5.00 Å². The lowest BCUT2D eigenvalue weighted by molar-refractivity contribution is 0.194. The number of urea groups is 1. The number of methoxy groups -OCH3 is 1. The molecule has 2 amide bonds. The Kier molecular flexibility index (Phi) is 5.03. The zero-order valence-electron chi connectivity index (χ0n) is 8.08. The van der Waals surface area contributed by atoms with Gasteiger partial charge in [-0.15, -0.1) is 11.3 Å². The van der Waals surface area contributed by atoms with Gasteiger partial charge in [-0.05, 0) is 23.9 Å². The number of anilines is 1. The van der Waals surface area contributed by atoms with Gasteiger partial charge in [0.25, 0.3) is 0 Å². The minimum atomic E-state index is -0.163. The molecule has 0 radical (unpaired) electrons. The average Bonchev–Trinajstić information content (AvgIpc) is 2.65. The molecular weight excluding hydrogens is 200 g/mol. The van der Waals surface area contributed by atoms with Crippen LogP contribution < -0.4 is 10.6 Å². The van der Waals surface area contributed by atoms with Crippen LogP contribution in [0.15, 0.2) is 17.5 Å². The number of hydrogen-bond donors (Lipinski definition) is 2. The van der Waals surface area contributed by atoms with E-state index in [-0.39, 0.29) is 6.03 Å². The molecule has 0 saturated carbocycles. The lowest BCUT2D eigenvalue weighted by Crippen LogP contribution is -2.29. The summed E-state index contributed by atoms with van der Waals surface area (Å²) in [6, 6.07) is 3.59. The van der Waals surface area contributed by atoms with Crippen LogP contribution in [0.3, 0.4) is 0 Å². The molecule has 1 heterocycles. The maximum Gasteiger partial charge on any atom is 0.319 e. The highest BCUT2D eigenvalue weighted by atomic mass is 32.1. The van der Waals surface area contributed by atoms with Gasteiger partial charge in [-0.2, -0.15) is 0 Å². The maximum atomic E-state index is 11.2. The van der Waals surface area contributed by atoms with Gasteiger partial charge in [0.1, 0.15) is 0 Å². The molecule has 5 heteroatoms. The highest BCUT2D eigenvalue weighted by Gasteiger charge is 2.00. The van der Waals surface area contributed by atoms with Crippen molar-refractivity contribution in [3.05, 3.63) is 17.5 Å². The van der Waals surface area contributed by atoms with E-state index in [9.17, 15) is 4.79 Å². The first-order valence-electron chi connectivity index (χ1n) is 4.40. The van der Waals surface area contributed by atoms with Crippen molar-refractivity contribution < 1.29 is 9.53 Å². The van der Waals surface area contributed by atoms with E-state index >= 15 is 0 Å². The van der Waals surface area contributed by atoms with Crippen LogP contribution in [0.2, 0.25) is 0 Å². The van der Waals surface area contributed by atoms with Crippen LogP contribution >= 0.6 is 11.3 Å². The fraction of sp³-hybridized carbons (Fsp3) is 0.444. The summed E-state index contributed by atoms with van der Waals surface area (Å²) in [5.41, 5.74) is 0. The van der Waals surface area contributed by atoms with E-state index in [4.69, 9.17) is 4.74 Å². The van der Waals surface area contributed by atoms with Crippen LogP contribution in [0.25, 0.3) is 0 Å². The van der Waals surface area contributed by atoms with Crippen LogP contribution in [0, 0.1) is 0 Å². The quantitative estimate of drug-likeness (QED) is 0.735. The third-order valence-electron chi connectivity index (χ3n) is 1.57. The molecule has 78 valence electrons. The lowest BCUT2D eigenvalue weighted by Gasteiger charge is -2.04. The normalized spacial score (nSPS) is 9.79. The minimum absolute atomic E-state index is 0.163. The Hall–Kier alpha value is -1.07. The number of thiophene rings is 1. The first-order chi connectivity index (χ1) is 6.83. The molecule has 0 spiro atoms. The standard InChI is InChI=1S/C9H14N2O2S/c1-13-6-3-5-10-9(12)11-8-4-2-7-14-8/h2,4,7H,3,5-6H2,1H3,(H2,10,11,12). The highest BCUT2D eigenvalue weighted by Crippen LogP contribution is 2.14. The molecule has 0 aromatic carbocycles. The van der Waals surface area contributed by atoms with Crippen LogP contribution in [-0.4, -0.2) is 26.3 Å². The first kappa shape index (κ1) is 11.0. The fourth-order valence-corrected chi connectivity index (χ4v) is 1.54. The van der Waals surface area contributed by atoms with Crippen molar-refractivity contribution in [2.45, 2.75) is 6.42 Å². The number of amides is 2. The average molecular weight is 214 g/mol. The van der Waals surface area contributed by atoms with Gasteiger partial charge in [0, 0.05) is 20.3 Å². The molecule has 0 atom stereocenters. The smallest absolute Gasteiger partial charge is 0.319 e. The molecule has 1 rings (SSSR count). The predicted molar refractivity (Wildman–Crippen MR) is 57.8 cm³/mol. The largest absolute Gasteiger partial charge is 0.385 e. The Balaban J connectivity index is 2.11. The number of carbonyl (C=O) groups is 1. The summed E-state index contributed by atoms with van der Waals surface area (Å²) in [7, 11) is 1.64. The molecule has 2 N–H and O–H groups in total. The number of ether oxygens (including phenoxy) is 1. The predicted octanol–water partition coefficient (Wildman–Crippen LogP) is 1.91. The number of hydrogen-bond acceptors (Lipinski definition) is 3. The van der Waals surface area contributed by atoms with E-state index in [0.29, 0.717) is 13.2 Å². The van der Waals surface area contributed by atoms with Gasteiger partial charge in [0.2, 0.25) is 0 Å². The maximum absolute atomic E-state index is 11.2. The van der Waals surface area contributed by atoms with Crippen LogP contribution in [0.1, 0.15) is 6.42 Å². The van der Waals surface area contributed by atoms with Crippen molar-refractivity contribution in [1.82, 2.24) is 5.32 Å². The van der Waals surface area contributed by atoms with Gasteiger partial charge < -0.3 is 10.1 Å². The fourth-order valence-electron chi connectivity index (χ4n) is 0.924. The number of nitrogens with one attached hydrogen (secondary N) is 2. The Morgan fingerprint density at radius 2 is 2.50 bits per heavy atom. The second-order valence-electron chi connectivity index (χ2n) is 2.70.